The van der Waals surface area contributed by atoms with Crippen LogP contribution in [0.15, 0.2) is 30.3 Å². The second-order valence-corrected chi connectivity index (χ2v) is 14.5. The van der Waals surface area contributed by atoms with Crippen LogP contribution in [0.2, 0.25) is 0 Å². The Balaban J connectivity index is 0.000000187. The van der Waals surface area contributed by atoms with Gasteiger partial charge in [-0.25, -0.2) is 0 Å². The third-order valence-corrected chi connectivity index (χ3v) is 0.607. The molecule has 3 heteroatoms. The summed E-state index contributed by atoms with van der Waals surface area (Å²) in [4.78, 5) is 0. The summed E-state index contributed by atoms with van der Waals surface area (Å²) in [6, 6.07) is 12.5. The Morgan fingerprint density at radius 1 is 1.00 bits per heavy atom. The third kappa shape index (κ3) is 9.30. The first-order chi connectivity index (χ1) is 4.41. The normalized spacial score (nSPS) is 7.78. The van der Waals surface area contributed by atoms with E-state index in [0.717, 1.165) is 0 Å². The zero-order valence-electron chi connectivity index (χ0n) is 4.50. The molecule has 1 aromatic carbocycles. The Bertz CT molecular complexity index is 93.9. The van der Waals surface area contributed by atoms with Crippen molar-refractivity contribution in [3.8, 4) is 0 Å². The van der Waals surface area contributed by atoms with Crippen LogP contribution in [-0.2, 0) is 10.1 Å². The van der Waals surface area contributed by atoms with Gasteiger partial charge in [0.05, 0.1) is 0 Å². The van der Waals surface area contributed by atoms with Gasteiger partial charge in [0.15, 0.2) is 0 Å². The van der Waals surface area contributed by atoms with Crippen LogP contribution in [0.1, 0.15) is 0 Å². The smallest absolute Gasteiger partial charge is 0.171 e. The van der Waals surface area contributed by atoms with Crippen molar-refractivity contribution in [3.63, 3.8) is 0 Å². The van der Waals surface area contributed by atoms with Crippen LogP contribution in [0.3, 0.4) is 0 Å². The van der Waals surface area contributed by atoms with Crippen LogP contribution in [0.4, 0.5) is 0 Å². The van der Waals surface area contributed by atoms with Gasteiger partial charge in [-0.1, -0.05) is 0 Å². The first kappa shape index (κ1) is 10.3. The van der Waals surface area contributed by atoms with Crippen LogP contribution in [0, 0.1) is 6.07 Å². The molecule has 52 valence electrons. The van der Waals surface area contributed by atoms with Crippen molar-refractivity contribution in [2.75, 3.05) is 0 Å². The van der Waals surface area contributed by atoms with Gasteiger partial charge in [-0.3, -0.25) is 0 Å². The average Bonchev–Trinajstić information content (AvgIpc) is 1.93. The maximum Gasteiger partial charge on any atom is -0.171 e. The minimum atomic E-state index is 0.650. The van der Waals surface area contributed by atoms with Crippen LogP contribution < -0.4 is 0 Å². The molecule has 0 heterocycles. The molecule has 1 rings (SSSR count). The fourth-order valence-electron chi connectivity index (χ4n) is 0.342. The predicted molar refractivity (Wildman–Crippen MR) is 53.3 cm³/mol. The van der Waals surface area contributed by atoms with Gasteiger partial charge in [0.1, 0.15) is 0 Å². The summed E-state index contributed by atoms with van der Waals surface area (Å²) in [5.41, 5.74) is 0. The van der Waals surface area contributed by atoms with Crippen LogP contribution in [-0.4, -0.2) is 0 Å². The second-order valence-electron chi connectivity index (χ2n) is 1.13. The van der Waals surface area contributed by atoms with Gasteiger partial charge in [-0.15, -0.1) is 0 Å². The largest absolute Gasteiger partial charge is 0.184 e. The molecule has 0 unspecified atom stereocenters. The molecule has 0 aliphatic rings. The predicted octanol–water partition coefficient (Wildman–Crippen LogP) is 3.26. The summed E-state index contributed by atoms with van der Waals surface area (Å²) in [6.07, 6.45) is 0. The maximum absolute atomic E-state index is 2.89. The van der Waals surface area contributed by atoms with E-state index in [1.54, 1.807) is 0 Å². The molecule has 0 N–H and O–H groups in total. The topological polar surface area (TPSA) is 0 Å². The van der Waals surface area contributed by atoms with E-state index in [1.807, 2.05) is 30.3 Å². The van der Waals surface area contributed by atoms with Crippen molar-refractivity contribution in [1.82, 2.24) is 0 Å². The standard InChI is InChI=1S/C6H5.2HI.Ru/c1-2-4-6-5-3-1;;;/h1-5H;2*1H;/q-1;;;+2/p-2. The summed E-state index contributed by atoms with van der Waals surface area (Å²) < 4.78 is 0. The molecule has 0 saturated heterocycles. The fourth-order valence-corrected chi connectivity index (χ4v) is 0.342. The van der Waals surface area contributed by atoms with Crippen molar-refractivity contribution in [3.05, 3.63) is 36.4 Å². The van der Waals surface area contributed by atoms with Gasteiger partial charge in [0.2, 0.25) is 0 Å². The van der Waals surface area contributed by atoms with Crippen molar-refractivity contribution in [2.45, 2.75) is 0 Å². The molecule has 0 atom stereocenters. The molecule has 0 saturated carbocycles. The van der Waals surface area contributed by atoms with Gasteiger partial charge >= 0.3 is 49.6 Å². The van der Waals surface area contributed by atoms with Gasteiger partial charge < -0.3 is 0 Å². The molecule has 0 amide bonds. The summed E-state index contributed by atoms with van der Waals surface area (Å²) in [5, 5.41) is 0. The van der Waals surface area contributed by atoms with E-state index in [9.17, 15) is 0 Å². The Labute approximate surface area is 84.8 Å². The summed E-state index contributed by atoms with van der Waals surface area (Å²) in [6.45, 7) is 0. The Hall–Kier alpha value is 1.30. The third-order valence-electron chi connectivity index (χ3n) is 0.607. The van der Waals surface area contributed by atoms with E-state index in [-0.39, 0.29) is 0 Å². The SMILES string of the molecule is [I][Ru][I].[c-]1ccccc1. The van der Waals surface area contributed by atoms with E-state index >= 15 is 0 Å². The number of hydrogen-bond acceptors (Lipinski definition) is 0. The number of halogens is 2. The average molecular weight is 432 g/mol. The number of benzene rings is 1. The summed E-state index contributed by atoms with van der Waals surface area (Å²) in [7, 11) is 0.650. The molecule has 0 aliphatic heterocycles. The molecule has 0 radical (unpaired) electrons. The number of rotatable bonds is 0. The van der Waals surface area contributed by atoms with Gasteiger partial charge in [0.25, 0.3) is 0 Å². The van der Waals surface area contributed by atoms with Gasteiger partial charge in [-0.2, -0.15) is 36.4 Å². The van der Waals surface area contributed by atoms with Crippen molar-refractivity contribution in [2.24, 2.45) is 0 Å². The number of hydrogen-bond donors (Lipinski definition) is 0. The molecular formula is C6H5I2Ru-. The Kier molecular flexibility index (Phi) is 10.7. The summed E-state index contributed by atoms with van der Waals surface area (Å²) in [5.74, 6) is 0. The van der Waals surface area contributed by atoms with E-state index in [0.29, 0.717) is 10.1 Å². The minimum Gasteiger partial charge on any atom is -0.184 e. The van der Waals surface area contributed by atoms with Gasteiger partial charge in [-0.05, 0) is 0 Å². The summed E-state index contributed by atoms with van der Waals surface area (Å²) >= 11 is 4.73. The zero-order chi connectivity index (χ0) is 6.95. The molecule has 0 spiro atoms. The molecular weight excluding hydrogens is 427 g/mol. The Morgan fingerprint density at radius 2 is 1.44 bits per heavy atom. The van der Waals surface area contributed by atoms with Crippen molar-refractivity contribution >= 4 is 39.5 Å². The quantitative estimate of drug-likeness (QED) is 0.336. The zero-order valence-corrected chi connectivity index (χ0v) is 10.5. The molecule has 1 aromatic rings. The maximum atomic E-state index is 2.89. The fraction of sp³-hybridized carbons (Fsp3) is 0. The van der Waals surface area contributed by atoms with E-state index < -0.39 is 0 Å². The molecule has 0 fully saturated rings. The second kappa shape index (κ2) is 9.30. The molecule has 9 heavy (non-hydrogen) atoms. The van der Waals surface area contributed by atoms with E-state index in [2.05, 4.69) is 45.6 Å². The van der Waals surface area contributed by atoms with Crippen LogP contribution in [0.25, 0.3) is 0 Å². The van der Waals surface area contributed by atoms with Crippen LogP contribution in [0.5, 0.6) is 0 Å². The molecule has 0 bridgehead atoms. The van der Waals surface area contributed by atoms with Crippen LogP contribution >= 0.6 is 39.5 Å². The monoisotopic (exact) mass is 433 g/mol. The van der Waals surface area contributed by atoms with Crippen molar-refractivity contribution in [1.29, 1.82) is 0 Å². The van der Waals surface area contributed by atoms with E-state index in [4.69, 9.17) is 0 Å². The molecule has 0 nitrogen and oxygen atoms in total. The Morgan fingerprint density at radius 3 is 1.56 bits per heavy atom. The first-order valence-electron chi connectivity index (χ1n) is 2.18. The minimum absolute atomic E-state index is 0.650. The van der Waals surface area contributed by atoms with Crippen molar-refractivity contribution < 1.29 is 10.1 Å². The molecule has 0 aliphatic carbocycles. The first-order valence-corrected chi connectivity index (χ1v) is 12.5. The van der Waals surface area contributed by atoms with Gasteiger partial charge in [0, 0.05) is 0 Å². The van der Waals surface area contributed by atoms with E-state index in [1.165, 1.54) is 0 Å². The molecule has 0 aromatic heterocycles.